The predicted molar refractivity (Wildman–Crippen MR) is 57.2 cm³/mol. The van der Waals surface area contributed by atoms with Gasteiger partial charge in [-0.05, 0) is 19.3 Å². The van der Waals surface area contributed by atoms with Crippen molar-refractivity contribution in [3.05, 3.63) is 0 Å². The quantitative estimate of drug-likeness (QED) is 0.520. The van der Waals surface area contributed by atoms with Gasteiger partial charge in [0.2, 0.25) is 5.91 Å². The van der Waals surface area contributed by atoms with Crippen LogP contribution in [0.2, 0.25) is 0 Å². The average molecular weight is 215 g/mol. The lowest BCUT2D eigenvalue weighted by molar-refractivity contribution is -0.139. The monoisotopic (exact) mass is 215 g/mol. The van der Waals surface area contributed by atoms with Crippen LogP contribution in [-0.4, -0.2) is 25.2 Å². The summed E-state index contributed by atoms with van der Waals surface area (Å²) in [4.78, 5) is 16.5. The van der Waals surface area contributed by atoms with Crippen LogP contribution < -0.4 is 5.48 Å². The lowest BCUT2D eigenvalue weighted by Crippen LogP contribution is -2.29. The molecule has 0 radical (unpaired) electrons. The molecular formula is C11H21NO3. The van der Waals surface area contributed by atoms with E-state index in [0.29, 0.717) is 13.0 Å². The highest BCUT2D eigenvalue weighted by atomic mass is 16.7. The Hall–Kier alpha value is -0.610. The molecule has 0 bridgehead atoms. The number of carbonyl (C=O) groups is 1. The Bertz CT molecular complexity index is 179. The fourth-order valence-electron chi connectivity index (χ4n) is 1.62. The van der Waals surface area contributed by atoms with Crippen molar-refractivity contribution in [3.8, 4) is 0 Å². The molecule has 0 spiro atoms. The minimum Gasteiger partial charge on any atom is -0.381 e. The molecule has 0 heterocycles. The first-order valence-corrected chi connectivity index (χ1v) is 5.85. The smallest absolute Gasteiger partial charge is 0.245 e. The maximum atomic E-state index is 11.2. The van der Waals surface area contributed by atoms with E-state index in [9.17, 15) is 4.79 Å². The van der Waals surface area contributed by atoms with Crippen LogP contribution in [0.1, 0.15) is 45.4 Å². The van der Waals surface area contributed by atoms with Gasteiger partial charge in [-0.3, -0.25) is 9.63 Å². The number of hydrogen-bond donors (Lipinski definition) is 1. The van der Waals surface area contributed by atoms with Crippen molar-refractivity contribution in [3.63, 3.8) is 0 Å². The second-order valence-electron chi connectivity index (χ2n) is 3.91. The molecule has 4 heteroatoms. The molecule has 1 aliphatic rings. The van der Waals surface area contributed by atoms with Gasteiger partial charge in [-0.15, -0.1) is 0 Å². The van der Waals surface area contributed by atoms with Crippen molar-refractivity contribution in [2.75, 3.05) is 13.2 Å². The molecule has 0 atom stereocenters. The zero-order valence-electron chi connectivity index (χ0n) is 9.46. The van der Waals surface area contributed by atoms with Crippen LogP contribution in [0.15, 0.2) is 0 Å². The normalized spacial score (nSPS) is 16.9. The van der Waals surface area contributed by atoms with E-state index in [1.165, 1.54) is 12.8 Å². The highest BCUT2D eigenvalue weighted by molar-refractivity contribution is 5.74. The maximum Gasteiger partial charge on any atom is 0.245 e. The van der Waals surface area contributed by atoms with Crippen LogP contribution in [0, 0.1) is 0 Å². The summed E-state index contributed by atoms with van der Waals surface area (Å²) in [6.07, 6.45) is 6.14. The standard InChI is InChI=1S/C11H21NO3/c1-2-8-14-9-7-11(13)12-15-10-5-3-4-6-10/h10H,2-9H2,1H3,(H,12,13). The van der Waals surface area contributed by atoms with E-state index in [1.54, 1.807) is 0 Å². The average Bonchev–Trinajstić information content (AvgIpc) is 2.74. The molecule has 1 saturated carbocycles. The summed E-state index contributed by atoms with van der Waals surface area (Å²) in [5.41, 5.74) is 2.48. The summed E-state index contributed by atoms with van der Waals surface area (Å²) in [6, 6.07) is 0. The first kappa shape index (κ1) is 12.5. The molecule has 0 saturated heterocycles. The van der Waals surface area contributed by atoms with Crippen molar-refractivity contribution in [1.82, 2.24) is 5.48 Å². The van der Waals surface area contributed by atoms with Gasteiger partial charge in [-0.1, -0.05) is 19.8 Å². The third kappa shape index (κ3) is 5.74. The predicted octanol–water partition coefficient (Wildman–Crippen LogP) is 1.79. The number of ether oxygens (including phenoxy) is 1. The van der Waals surface area contributed by atoms with Gasteiger partial charge in [0.25, 0.3) is 0 Å². The summed E-state index contributed by atoms with van der Waals surface area (Å²) in [6.45, 7) is 3.24. The van der Waals surface area contributed by atoms with Crippen molar-refractivity contribution in [1.29, 1.82) is 0 Å². The summed E-state index contributed by atoms with van der Waals surface area (Å²) in [5, 5.41) is 0. The zero-order chi connectivity index (χ0) is 10.9. The Morgan fingerprint density at radius 1 is 1.33 bits per heavy atom. The second kappa shape index (κ2) is 7.65. The van der Waals surface area contributed by atoms with Gasteiger partial charge in [-0.25, -0.2) is 5.48 Å². The fourth-order valence-corrected chi connectivity index (χ4v) is 1.62. The van der Waals surface area contributed by atoms with Crippen molar-refractivity contribution < 1.29 is 14.4 Å². The van der Waals surface area contributed by atoms with Crippen molar-refractivity contribution in [2.24, 2.45) is 0 Å². The van der Waals surface area contributed by atoms with Crippen LogP contribution >= 0.6 is 0 Å². The second-order valence-corrected chi connectivity index (χ2v) is 3.91. The van der Waals surface area contributed by atoms with Gasteiger partial charge in [-0.2, -0.15) is 0 Å². The molecule has 1 N–H and O–H groups in total. The Labute approximate surface area is 91.3 Å². The fraction of sp³-hybridized carbons (Fsp3) is 0.909. The number of hydrogen-bond acceptors (Lipinski definition) is 3. The van der Waals surface area contributed by atoms with E-state index in [-0.39, 0.29) is 12.0 Å². The van der Waals surface area contributed by atoms with E-state index in [1.807, 2.05) is 6.92 Å². The third-order valence-corrected chi connectivity index (χ3v) is 2.46. The molecule has 1 amide bonds. The first-order chi connectivity index (χ1) is 7.33. The lowest BCUT2D eigenvalue weighted by atomic mass is 10.3. The number of amides is 1. The van der Waals surface area contributed by atoms with E-state index in [2.05, 4.69) is 5.48 Å². The van der Waals surface area contributed by atoms with E-state index in [4.69, 9.17) is 9.57 Å². The van der Waals surface area contributed by atoms with Crippen LogP contribution in [0.3, 0.4) is 0 Å². The van der Waals surface area contributed by atoms with Gasteiger partial charge < -0.3 is 4.74 Å². The highest BCUT2D eigenvalue weighted by Gasteiger charge is 2.16. The van der Waals surface area contributed by atoms with Gasteiger partial charge in [0, 0.05) is 6.61 Å². The zero-order valence-corrected chi connectivity index (χ0v) is 9.46. The molecule has 4 nitrogen and oxygen atoms in total. The third-order valence-electron chi connectivity index (χ3n) is 2.46. The number of rotatable bonds is 7. The van der Waals surface area contributed by atoms with Gasteiger partial charge >= 0.3 is 0 Å². The molecular weight excluding hydrogens is 194 g/mol. The number of hydroxylamine groups is 1. The molecule has 0 aromatic heterocycles. The molecule has 0 aromatic rings. The van der Waals surface area contributed by atoms with Crippen LogP contribution in [-0.2, 0) is 14.4 Å². The molecule has 0 aromatic carbocycles. The molecule has 15 heavy (non-hydrogen) atoms. The molecule has 1 fully saturated rings. The van der Waals surface area contributed by atoms with Crippen LogP contribution in [0.25, 0.3) is 0 Å². The molecule has 88 valence electrons. The Morgan fingerprint density at radius 2 is 2.07 bits per heavy atom. The molecule has 1 aliphatic carbocycles. The molecule has 1 rings (SSSR count). The SMILES string of the molecule is CCCOCCC(=O)NOC1CCCC1. The van der Waals surface area contributed by atoms with Crippen LogP contribution in [0.5, 0.6) is 0 Å². The Kier molecular flexibility index (Phi) is 6.36. The number of nitrogens with one attached hydrogen (secondary N) is 1. The van der Waals surface area contributed by atoms with Crippen LogP contribution in [0.4, 0.5) is 0 Å². The van der Waals surface area contributed by atoms with E-state index < -0.39 is 0 Å². The van der Waals surface area contributed by atoms with Crippen molar-refractivity contribution in [2.45, 2.75) is 51.6 Å². The van der Waals surface area contributed by atoms with E-state index >= 15 is 0 Å². The highest BCUT2D eigenvalue weighted by Crippen LogP contribution is 2.19. The first-order valence-electron chi connectivity index (χ1n) is 5.85. The summed E-state index contributed by atoms with van der Waals surface area (Å²) in [5.74, 6) is -0.0852. The minimum atomic E-state index is -0.0852. The van der Waals surface area contributed by atoms with E-state index in [0.717, 1.165) is 25.9 Å². The molecule has 0 aliphatic heterocycles. The minimum absolute atomic E-state index is 0.0852. The summed E-state index contributed by atoms with van der Waals surface area (Å²) in [7, 11) is 0. The van der Waals surface area contributed by atoms with Crippen molar-refractivity contribution >= 4 is 5.91 Å². The maximum absolute atomic E-state index is 11.2. The Balaban J connectivity index is 1.93. The topological polar surface area (TPSA) is 47.6 Å². The van der Waals surface area contributed by atoms with Gasteiger partial charge in [0.05, 0.1) is 19.1 Å². The molecule has 0 unspecified atom stereocenters. The van der Waals surface area contributed by atoms with Gasteiger partial charge in [0.15, 0.2) is 0 Å². The largest absolute Gasteiger partial charge is 0.381 e. The van der Waals surface area contributed by atoms with Gasteiger partial charge in [0.1, 0.15) is 0 Å². The summed E-state index contributed by atoms with van der Waals surface area (Å²) >= 11 is 0. The Morgan fingerprint density at radius 3 is 2.73 bits per heavy atom. The summed E-state index contributed by atoms with van der Waals surface area (Å²) < 4.78 is 5.21. The lowest BCUT2D eigenvalue weighted by Gasteiger charge is -2.11. The number of carbonyl (C=O) groups excluding carboxylic acids is 1.